The lowest BCUT2D eigenvalue weighted by atomic mass is 9.95. The second-order valence-electron chi connectivity index (χ2n) is 16.0. The molecule has 0 fully saturated rings. The topological polar surface area (TPSA) is 89.0 Å². The van der Waals surface area contributed by atoms with Gasteiger partial charge in [-0.05, 0) is 47.5 Å². The minimum absolute atomic E-state index is 0.389. The Bertz CT molecular complexity index is 3530. The van der Waals surface area contributed by atoms with Gasteiger partial charge in [0.15, 0.2) is 23.0 Å². The van der Waals surface area contributed by atoms with Crippen LogP contribution in [-0.2, 0) is 0 Å². The third kappa shape index (κ3) is 7.51. The summed E-state index contributed by atoms with van der Waals surface area (Å²) in [6, 6.07) is 70.0. The second-order valence-corrected chi connectivity index (χ2v) is 16.0. The molecule has 310 valence electrons. The number of rotatable bonds is 8. The van der Waals surface area contributed by atoms with Crippen molar-refractivity contribution < 1.29 is 0 Å². The summed E-state index contributed by atoms with van der Waals surface area (Å²) in [6.07, 6.45) is 0. The molecule has 0 saturated carbocycles. The van der Waals surface area contributed by atoms with Crippen LogP contribution in [0.1, 0.15) is 5.56 Å². The van der Waals surface area contributed by atoms with Gasteiger partial charge in [-0.2, -0.15) is 5.26 Å². The van der Waals surface area contributed by atoms with Crippen molar-refractivity contribution in [2.75, 3.05) is 0 Å². The highest BCUT2D eigenvalue weighted by molar-refractivity contribution is 6.11. The maximum Gasteiger partial charge on any atom is 0.177 e. The molecule has 8 aromatic carbocycles. The van der Waals surface area contributed by atoms with Gasteiger partial charge in [-0.15, -0.1) is 0 Å². The highest BCUT2D eigenvalue weighted by atomic mass is 15.0. The Kier molecular flexibility index (Phi) is 10.2. The lowest BCUT2D eigenvalue weighted by molar-refractivity contribution is 1.14. The third-order valence-corrected chi connectivity index (χ3v) is 11.8. The van der Waals surface area contributed by atoms with E-state index in [1.165, 1.54) is 0 Å². The van der Waals surface area contributed by atoms with Gasteiger partial charge in [0.1, 0.15) is 0 Å². The molecule has 11 rings (SSSR count). The largest absolute Gasteiger partial charge is 0.308 e. The van der Waals surface area contributed by atoms with E-state index in [4.69, 9.17) is 33.1 Å². The van der Waals surface area contributed by atoms with E-state index in [-0.39, 0.29) is 0 Å². The Hall–Kier alpha value is -9.81. The smallest absolute Gasteiger partial charge is 0.177 e. The fraction of sp³-hybridized carbons (Fsp3) is 0. The summed E-state index contributed by atoms with van der Waals surface area (Å²) >= 11 is 0. The molecule has 0 amide bonds. The van der Waals surface area contributed by atoms with Crippen LogP contribution in [0.15, 0.2) is 206 Å². The Morgan fingerprint density at radius 1 is 0.388 bits per heavy atom. The maximum atomic E-state index is 11.0. The Balaban J connectivity index is 1.30. The van der Waals surface area contributed by atoms with Crippen LogP contribution in [0.4, 0.5) is 11.4 Å². The zero-order valence-corrected chi connectivity index (χ0v) is 35.7. The van der Waals surface area contributed by atoms with Crippen LogP contribution >= 0.6 is 0 Å². The summed E-state index contributed by atoms with van der Waals surface area (Å²) < 4.78 is 2.24. The minimum atomic E-state index is 0.389. The monoisotopic (exact) mass is 854 g/mol. The normalized spacial score (nSPS) is 10.9. The molecular formula is C59H34N8. The van der Waals surface area contributed by atoms with Crippen LogP contribution in [0.2, 0.25) is 0 Å². The van der Waals surface area contributed by atoms with E-state index in [2.05, 4.69) is 44.6 Å². The Labute approximate surface area is 386 Å². The van der Waals surface area contributed by atoms with Crippen LogP contribution in [-0.4, -0.2) is 24.5 Å². The van der Waals surface area contributed by atoms with Gasteiger partial charge in [-0.1, -0.05) is 170 Å². The minimum Gasteiger partial charge on any atom is -0.308 e. The number of nitriles is 1. The molecule has 3 heterocycles. The van der Waals surface area contributed by atoms with Gasteiger partial charge >= 0.3 is 0 Å². The first-order valence-electron chi connectivity index (χ1n) is 21.6. The summed E-state index contributed by atoms with van der Waals surface area (Å²) in [5, 5.41) is 13.0. The average molecular weight is 855 g/mol. The van der Waals surface area contributed by atoms with E-state index < -0.39 is 0 Å². The number of nitrogens with zero attached hydrogens (tertiary/aromatic N) is 8. The van der Waals surface area contributed by atoms with Crippen molar-refractivity contribution in [2.45, 2.75) is 0 Å². The lowest BCUT2D eigenvalue weighted by Crippen LogP contribution is -2.05. The van der Waals surface area contributed by atoms with Gasteiger partial charge in [0.05, 0.1) is 64.3 Å². The number of hydrogen-bond acceptors (Lipinski definition) is 5. The molecule has 8 heteroatoms. The van der Waals surface area contributed by atoms with E-state index in [1.807, 2.05) is 176 Å². The van der Waals surface area contributed by atoms with Gasteiger partial charge in [-0.3, -0.25) is 0 Å². The molecule has 3 aromatic heterocycles. The average Bonchev–Trinajstić information content (AvgIpc) is 3.74. The van der Waals surface area contributed by atoms with Crippen molar-refractivity contribution in [2.24, 2.45) is 0 Å². The Morgan fingerprint density at radius 2 is 0.836 bits per heavy atom. The third-order valence-electron chi connectivity index (χ3n) is 11.8. The van der Waals surface area contributed by atoms with E-state index in [0.717, 1.165) is 72.3 Å². The fourth-order valence-corrected chi connectivity index (χ4v) is 8.73. The quantitative estimate of drug-likeness (QED) is 0.142. The zero-order valence-electron chi connectivity index (χ0n) is 35.7. The van der Waals surface area contributed by atoms with Crippen molar-refractivity contribution in [3.8, 4) is 90.7 Å². The van der Waals surface area contributed by atoms with Crippen molar-refractivity contribution in [3.63, 3.8) is 0 Å². The molecule has 0 N–H and O–H groups in total. The predicted molar refractivity (Wildman–Crippen MR) is 267 cm³/mol. The van der Waals surface area contributed by atoms with E-state index in [0.29, 0.717) is 51.1 Å². The molecule has 0 aliphatic heterocycles. The van der Waals surface area contributed by atoms with Gasteiger partial charge < -0.3 is 4.57 Å². The van der Waals surface area contributed by atoms with E-state index >= 15 is 0 Å². The summed E-state index contributed by atoms with van der Waals surface area (Å²) in [7, 11) is 0. The molecule has 0 radical (unpaired) electrons. The SMILES string of the molecule is [C-]#[N+]c1cc([N+]#[C-])cc(-c2ccc3c4ccccc4n(-c4c(-c5cc(-c6ccccc6)nc(-c6ccccc6)n5)cc(C#N)cc4-c4cc(-c5ccccc5)nc(-c5ccccc5)n4)c3c2)c1. The first-order valence-corrected chi connectivity index (χ1v) is 21.6. The number of aromatic nitrogens is 5. The molecule has 0 unspecified atom stereocenters. The second kappa shape index (κ2) is 17.1. The molecule has 11 aromatic rings. The van der Waals surface area contributed by atoms with Crippen LogP contribution in [0.5, 0.6) is 0 Å². The summed E-state index contributed by atoms with van der Waals surface area (Å²) in [4.78, 5) is 28.4. The molecule has 0 bridgehead atoms. The first-order chi connectivity index (χ1) is 33.0. The summed E-state index contributed by atoms with van der Waals surface area (Å²) in [5.41, 5.74) is 12.9. The van der Waals surface area contributed by atoms with Gasteiger partial charge in [0, 0.05) is 44.2 Å². The number of hydrogen-bond donors (Lipinski definition) is 0. The van der Waals surface area contributed by atoms with Gasteiger partial charge in [0.2, 0.25) is 0 Å². The standard InChI is InChI=1S/C59H34N8/c1-61-45-31-44(32-46(34-45)62-2)43-27-28-48-47-25-15-16-26-55(47)67(56(48)33-43)57-49(53-35-51(39-17-7-3-8-18-39)63-58(65-53)41-21-11-5-12-22-41)29-38(37-60)30-50(57)54-36-52(40-19-9-4-10-20-40)64-59(66-54)42-23-13-6-14-24-42/h3-36H. The Morgan fingerprint density at radius 3 is 1.33 bits per heavy atom. The van der Waals surface area contributed by atoms with Crippen molar-refractivity contribution in [3.05, 3.63) is 235 Å². The predicted octanol–water partition coefficient (Wildman–Crippen LogP) is 15.0. The highest BCUT2D eigenvalue weighted by Crippen LogP contribution is 2.44. The van der Waals surface area contributed by atoms with Crippen LogP contribution in [0.25, 0.3) is 116 Å². The van der Waals surface area contributed by atoms with Gasteiger partial charge in [0.25, 0.3) is 0 Å². The number of fused-ring (bicyclic) bond motifs is 3. The molecule has 0 atom stereocenters. The number of benzene rings is 8. The van der Waals surface area contributed by atoms with E-state index in [1.54, 1.807) is 6.07 Å². The first kappa shape index (κ1) is 40.0. The fourth-order valence-electron chi connectivity index (χ4n) is 8.73. The molecule has 8 nitrogen and oxygen atoms in total. The summed E-state index contributed by atoms with van der Waals surface area (Å²) in [5.74, 6) is 1.07. The zero-order chi connectivity index (χ0) is 45.3. The molecule has 0 aliphatic carbocycles. The molecular weight excluding hydrogens is 821 g/mol. The molecule has 0 aliphatic rings. The highest BCUT2D eigenvalue weighted by Gasteiger charge is 2.25. The van der Waals surface area contributed by atoms with Crippen molar-refractivity contribution in [1.29, 1.82) is 5.26 Å². The molecule has 0 saturated heterocycles. The number of para-hydroxylation sites is 1. The molecule has 0 spiro atoms. The van der Waals surface area contributed by atoms with Gasteiger partial charge in [-0.25, -0.2) is 29.6 Å². The molecule has 67 heavy (non-hydrogen) atoms. The van der Waals surface area contributed by atoms with E-state index in [9.17, 15) is 5.26 Å². The van der Waals surface area contributed by atoms with Crippen LogP contribution < -0.4 is 0 Å². The summed E-state index contributed by atoms with van der Waals surface area (Å²) in [6.45, 7) is 15.6. The van der Waals surface area contributed by atoms with Crippen molar-refractivity contribution in [1.82, 2.24) is 24.5 Å². The van der Waals surface area contributed by atoms with Crippen LogP contribution in [0, 0.1) is 24.5 Å². The lowest BCUT2D eigenvalue weighted by Gasteiger charge is -2.20. The van der Waals surface area contributed by atoms with Crippen LogP contribution in [0.3, 0.4) is 0 Å². The van der Waals surface area contributed by atoms with Crippen molar-refractivity contribution >= 4 is 33.2 Å². The maximum absolute atomic E-state index is 11.0.